The van der Waals surface area contributed by atoms with Gasteiger partial charge in [0.2, 0.25) is 5.95 Å². The van der Waals surface area contributed by atoms with Crippen LogP contribution in [-0.2, 0) is 4.74 Å². The van der Waals surface area contributed by atoms with Gasteiger partial charge in [0.25, 0.3) is 5.95 Å². The molecule has 0 bridgehead atoms. The van der Waals surface area contributed by atoms with Crippen LogP contribution in [0.1, 0.15) is 12.1 Å². The second-order valence-electron chi connectivity index (χ2n) is 9.36. The van der Waals surface area contributed by atoms with Gasteiger partial charge in [-0.25, -0.2) is 9.37 Å². The molecule has 1 aromatic carbocycles. The number of hydrogen-bond donors (Lipinski definition) is 2. The van der Waals surface area contributed by atoms with Gasteiger partial charge in [-0.1, -0.05) is 13.2 Å². The molecule has 1 aliphatic rings. The zero-order valence-corrected chi connectivity index (χ0v) is 22.5. The van der Waals surface area contributed by atoms with Gasteiger partial charge in [0.05, 0.1) is 30.1 Å². The summed E-state index contributed by atoms with van der Waals surface area (Å²) in [6.45, 7) is 11.4. The average molecular weight is 520 g/mol. The molecule has 0 radical (unpaired) electrons. The molecule has 0 spiro atoms. The number of anilines is 1. The largest absolute Gasteiger partial charge is 0.499 e. The van der Waals surface area contributed by atoms with Crippen LogP contribution in [0.3, 0.4) is 0 Å². The summed E-state index contributed by atoms with van der Waals surface area (Å²) in [5.74, 6) is 1.10. The molecular formula is C27H34FN9O. The van der Waals surface area contributed by atoms with Crippen LogP contribution in [0.4, 0.5) is 10.3 Å². The molecule has 1 unspecified atom stereocenters. The van der Waals surface area contributed by atoms with E-state index in [0.29, 0.717) is 40.6 Å². The van der Waals surface area contributed by atoms with Gasteiger partial charge in [0, 0.05) is 49.4 Å². The Hall–Kier alpha value is -4.25. The van der Waals surface area contributed by atoms with Crippen LogP contribution in [0.25, 0.3) is 16.9 Å². The van der Waals surface area contributed by atoms with Gasteiger partial charge in [0.1, 0.15) is 17.9 Å². The Morgan fingerprint density at radius 3 is 2.76 bits per heavy atom. The van der Waals surface area contributed by atoms with Gasteiger partial charge in [-0.05, 0) is 45.3 Å². The van der Waals surface area contributed by atoms with E-state index in [1.807, 2.05) is 27.1 Å². The van der Waals surface area contributed by atoms with Crippen molar-refractivity contribution in [3.63, 3.8) is 0 Å². The quantitative estimate of drug-likeness (QED) is 0.370. The van der Waals surface area contributed by atoms with E-state index in [-0.39, 0.29) is 11.9 Å². The predicted octanol–water partition coefficient (Wildman–Crippen LogP) is 3.37. The van der Waals surface area contributed by atoms with Crippen molar-refractivity contribution >= 4 is 16.9 Å². The molecule has 38 heavy (non-hydrogen) atoms. The molecule has 10 nitrogen and oxygen atoms in total. The van der Waals surface area contributed by atoms with Gasteiger partial charge >= 0.3 is 0 Å². The van der Waals surface area contributed by atoms with Crippen molar-refractivity contribution in [1.29, 1.82) is 0 Å². The van der Waals surface area contributed by atoms with E-state index >= 15 is 0 Å². The van der Waals surface area contributed by atoms with Crippen LogP contribution in [-0.4, -0.2) is 81.9 Å². The first-order valence-electron chi connectivity index (χ1n) is 12.2. The molecule has 3 aromatic rings. The molecule has 2 aromatic heterocycles. The Labute approximate surface area is 222 Å². The number of halogens is 1. The van der Waals surface area contributed by atoms with Gasteiger partial charge in [-0.15, -0.1) is 0 Å². The fraction of sp³-hybridized carbons (Fsp3) is 0.333. The minimum atomic E-state index is -0.322. The van der Waals surface area contributed by atoms with Crippen LogP contribution >= 0.6 is 0 Å². The summed E-state index contributed by atoms with van der Waals surface area (Å²) in [4.78, 5) is 17.6. The van der Waals surface area contributed by atoms with Crippen LogP contribution in [0, 0.1) is 12.7 Å². The van der Waals surface area contributed by atoms with Gasteiger partial charge in [-0.2, -0.15) is 19.7 Å². The number of likely N-dealkylation sites (N-methyl/N-ethyl adjacent to an activating group) is 2. The third-order valence-electron chi connectivity index (χ3n) is 6.31. The molecule has 0 aliphatic heterocycles. The van der Waals surface area contributed by atoms with E-state index in [9.17, 15) is 4.39 Å². The SMILES string of the molecule is C=CC(=C)NC1=C(N(C)CCN(C)C)C=C(OC)C(Nc2ncnc(-n3nc(C)c4cc(F)ccc43)n2)C1. The van der Waals surface area contributed by atoms with Crippen molar-refractivity contribution in [1.82, 2.24) is 39.8 Å². The zero-order chi connectivity index (χ0) is 27.4. The Balaban J connectivity index is 1.63. The fourth-order valence-corrected chi connectivity index (χ4v) is 4.23. The summed E-state index contributed by atoms with van der Waals surface area (Å²) in [6.07, 6.45) is 5.68. The molecule has 200 valence electrons. The highest BCUT2D eigenvalue weighted by atomic mass is 19.1. The Bertz CT molecular complexity index is 1410. The van der Waals surface area contributed by atoms with E-state index in [0.717, 1.165) is 30.2 Å². The van der Waals surface area contributed by atoms with Crippen LogP contribution in [0.2, 0.25) is 0 Å². The highest BCUT2D eigenvalue weighted by molar-refractivity contribution is 5.82. The number of hydrogen-bond acceptors (Lipinski definition) is 9. The maximum atomic E-state index is 13.8. The topological polar surface area (TPSA) is 96.3 Å². The Kier molecular flexibility index (Phi) is 8.06. The van der Waals surface area contributed by atoms with Crippen LogP contribution < -0.4 is 10.6 Å². The molecule has 0 saturated carbocycles. The zero-order valence-electron chi connectivity index (χ0n) is 22.5. The molecule has 0 saturated heterocycles. The van der Waals surface area contributed by atoms with Crippen molar-refractivity contribution in [3.8, 4) is 5.95 Å². The van der Waals surface area contributed by atoms with Crippen molar-refractivity contribution in [2.45, 2.75) is 19.4 Å². The number of benzene rings is 1. The first-order valence-corrected chi connectivity index (χ1v) is 12.2. The van der Waals surface area contributed by atoms with Crippen LogP contribution in [0.5, 0.6) is 0 Å². The van der Waals surface area contributed by atoms with E-state index < -0.39 is 0 Å². The molecule has 11 heteroatoms. The third-order valence-corrected chi connectivity index (χ3v) is 6.31. The van der Waals surface area contributed by atoms with E-state index in [4.69, 9.17) is 4.74 Å². The monoisotopic (exact) mass is 519 g/mol. The first kappa shape index (κ1) is 26.8. The van der Waals surface area contributed by atoms with Crippen molar-refractivity contribution in [2.75, 3.05) is 46.7 Å². The molecule has 4 rings (SSSR count). The fourth-order valence-electron chi connectivity index (χ4n) is 4.23. The van der Waals surface area contributed by atoms with E-state index in [2.05, 4.69) is 60.7 Å². The number of fused-ring (bicyclic) bond motifs is 1. The molecule has 1 aliphatic carbocycles. The minimum Gasteiger partial charge on any atom is -0.499 e. The number of aryl methyl sites for hydroxylation is 1. The van der Waals surface area contributed by atoms with E-state index in [1.54, 1.807) is 23.9 Å². The minimum absolute atomic E-state index is 0.258. The second-order valence-corrected chi connectivity index (χ2v) is 9.36. The lowest BCUT2D eigenvalue weighted by atomic mass is 10.00. The number of rotatable bonds is 11. The summed E-state index contributed by atoms with van der Waals surface area (Å²) in [5, 5.41) is 12.0. The molecular weight excluding hydrogens is 485 g/mol. The summed E-state index contributed by atoms with van der Waals surface area (Å²) in [7, 11) is 7.80. The third kappa shape index (κ3) is 5.83. The number of nitrogens with zero attached hydrogens (tertiary/aromatic N) is 7. The molecule has 2 N–H and O–H groups in total. The van der Waals surface area contributed by atoms with Crippen molar-refractivity contribution < 1.29 is 9.13 Å². The maximum Gasteiger partial charge on any atom is 0.255 e. The Morgan fingerprint density at radius 1 is 1.26 bits per heavy atom. The maximum absolute atomic E-state index is 13.8. The van der Waals surface area contributed by atoms with Crippen molar-refractivity contribution in [3.05, 3.63) is 84.2 Å². The van der Waals surface area contributed by atoms with Gasteiger partial charge in [0.15, 0.2) is 0 Å². The van der Waals surface area contributed by atoms with Crippen molar-refractivity contribution in [2.24, 2.45) is 0 Å². The van der Waals surface area contributed by atoms with Gasteiger partial charge < -0.3 is 25.2 Å². The number of aromatic nitrogens is 5. The standard InChI is InChI=1S/C27H34FN9O/c1-8-17(2)31-21-14-22(25(38-7)15-24(21)36(6)12-11-35(4)5)32-26-29-16-30-27(33-26)37-23-10-9-19(28)13-20(23)18(3)34-37/h8-10,13,15-16,22,31H,1-2,11-12,14H2,3-7H3,(H,29,30,32,33). The number of nitrogens with one attached hydrogen (secondary N) is 2. The molecule has 0 fully saturated rings. The summed E-state index contributed by atoms with van der Waals surface area (Å²) < 4.78 is 21.2. The van der Waals surface area contributed by atoms with Gasteiger partial charge in [-0.3, -0.25) is 0 Å². The Morgan fingerprint density at radius 2 is 2.05 bits per heavy atom. The smallest absolute Gasteiger partial charge is 0.255 e. The summed E-state index contributed by atoms with van der Waals surface area (Å²) in [6, 6.07) is 4.25. The summed E-state index contributed by atoms with van der Waals surface area (Å²) in [5.41, 5.74) is 4.07. The number of allylic oxidation sites excluding steroid dienone is 2. The predicted molar refractivity (Wildman–Crippen MR) is 147 cm³/mol. The lowest BCUT2D eigenvalue weighted by Crippen LogP contribution is -2.36. The molecule has 2 heterocycles. The second kappa shape index (κ2) is 11.4. The lowest BCUT2D eigenvalue weighted by molar-refractivity contribution is 0.258. The molecule has 0 amide bonds. The highest BCUT2D eigenvalue weighted by Crippen LogP contribution is 2.28. The lowest BCUT2D eigenvalue weighted by Gasteiger charge is -2.33. The normalized spacial score (nSPS) is 15.4. The first-order chi connectivity index (χ1) is 18.2. The highest BCUT2D eigenvalue weighted by Gasteiger charge is 2.27. The number of ether oxygens (including phenoxy) is 1. The average Bonchev–Trinajstić information content (AvgIpc) is 3.23. The summed E-state index contributed by atoms with van der Waals surface area (Å²) >= 11 is 0. The molecule has 1 atom stereocenters. The number of methoxy groups -OCH3 is 1. The van der Waals surface area contributed by atoms with E-state index in [1.165, 1.54) is 18.5 Å². The van der Waals surface area contributed by atoms with Crippen LogP contribution in [0.15, 0.2) is 72.7 Å².